The van der Waals surface area contributed by atoms with Crippen molar-refractivity contribution in [1.82, 2.24) is 4.72 Å². The molecule has 0 unspecified atom stereocenters. The van der Waals surface area contributed by atoms with Crippen molar-refractivity contribution >= 4 is 22.6 Å². The third-order valence-electron chi connectivity index (χ3n) is 2.26. The fourth-order valence-electron chi connectivity index (χ4n) is 1.25. The Hall–Kier alpha value is -0.450. The van der Waals surface area contributed by atoms with Gasteiger partial charge in [-0.1, -0.05) is 11.6 Å². The molecule has 0 fully saturated rings. The second-order valence-electron chi connectivity index (χ2n) is 4.89. The van der Waals surface area contributed by atoms with Crippen LogP contribution in [0.1, 0.15) is 39.3 Å². The van der Waals surface area contributed by atoms with Gasteiger partial charge < -0.3 is 0 Å². The van der Waals surface area contributed by atoms with E-state index in [4.69, 9.17) is 11.6 Å². The van der Waals surface area contributed by atoms with Gasteiger partial charge in [0, 0.05) is 16.6 Å². The minimum absolute atomic E-state index is 0.347. The molecule has 2 nitrogen and oxygen atoms in total. The van der Waals surface area contributed by atoms with Gasteiger partial charge in [-0.25, -0.2) is 13.3 Å². The molecule has 0 bridgehead atoms. The smallest absolute Gasteiger partial charge is 0.128 e. The van der Waals surface area contributed by atoms with Crippen molar-refractivity contribution in [2.75, 3.05) is 0 Å². The Bertz CT molecular complexity index is 431. The van der Waals surface area contributed by atoms with Crippen molar-refractivity contribution < 1.29 is 8.60 Å². The first-order chi connectivity index (χ1) is 7.71. The lowest BCUT2D eigenvalue weighted by Gasteiger charge is -2.22. The molecular weight excluding hydrogens is 261 g/mol. The van der Waals surface area contributed by atoms with Gasteiger partial charge >= 0.3 is 0 Å². The van der Waals surface area contributed by atoms with E-state index in [0.717, 1.165) is 0 Å². The first-order valence-corrected chi connectivity index (χ1v) is 6.87. The molecule has 0 aliphatic rings. The lowest BCUT2D eigenvalue weighted by Crippen LogP contribution is -2.35. The predicted octanol–water partition coefficient (Wildman–Crippen LogP) is 3.59. The van der Waals surface area contributed by atoms with Crippen LogP contribution >= 0.6 is 11.6 Å². The molecule has 0 heterocycles. The number of hydrogen-bond donors (Lipinski definition) is 1. The first-order valence-electron chi connectivity index (χ1n) is 5.35. The van der Waals surface area contributed by atoms with Crippen LogP contribution in [-0.4, -0.2) is 8.96 Å². The molecule has 1 rings (SSSR count). The SMILES string of the molecule is C[C@@H](N[S@@](=O)C(C)(C)C)c1cc(Cl)ccc1F. The minimum atomic E-state index is -1.24. The third kappa shape index (κ3) is 4.05. The molecule has 1 aromatic carbocycles. The zero-order valence-electron chi connectivity index (χ0n) is 10.4. The molecule has 0 spiro atoms. The second-order valence-corrected chi connectivity index (χ2v) is 7.32. The zero-order chi connectivity index (χ0) is 13.2. The van der Waals surface area contributed by atoms with Crippen LogP contribution in [0.3, 0.4) is 0 Å². The molecular formula is C12H17ClFNOS. The maximum atomic E-state index is 13.6. The van der Waals surface area contributed by atoms with Crippen LogP contribution in [0.2, 0.25) is 5.02 Å². The van der Waals surface area contributed by atoms with E-state index in [1.165, 1.54) is 12.1 Å². The topological polar surface area (TPSA) is 29.1 Å². The quantitative estimate of drug-likeness (QED) is 0.899. The van der Waals surface area contributed by atoms with Crippen molar-refractivity contribution in [2.24, 2.45) is 0 Å². The Balaban J connectivity index is 2.87. The fourth-order valence-corrected chi connectivity index (χ4v) is 2.23. The van der Waals surface area contributed by atoms with Crippen molar-refractivity contribution in [3.8, 4) is 0 Å². The summed E-state index contributed by atoms with van der Waals surface area (Å²) in [5.41, 5.74) is 0.426. The van der Waals surface area contributed by atoms with Crippen molar-refractivity contribution in [3.63, 3.8) is 0 Å². The highest BCUT2D eigenvalue weighted by molar-refractivity contribution is 7.84. The Morgan fingerprint density at radius 1 is 1.41 bits per heavy atom. The summed E-state index contributed by atoms with van der Waals surface area (Å²) in [5.74, 6) is -0.347. The molecule has 0 saturated carbocycles. The van der Waals surface area contributed by atoms with E-state index >= 15 is 0 Å². The van der Waals surface area contributed by atoms with Gasteiger partial charge in [0.2, 0.25) is 0 Å². The van der Waals surface area contributed by atoms with E-state index in [-0.39, 0.29) is 16.6 Å². The number of benzene rings is 1. The Kier molecular flexibility index (Phi) is 4.69. The lowest BCUT2D eigenvalue weighted by atomic mass is 10.1. The predicted molar refractivity (Wildman–Crippen MR) is 70.9 cm³/mol. The molecule has 1 N–H and O–H groups in total. The summed E-state index contributed by atoms with van der Waals surface area (Å²) in [6.07, 6.45) is 0. The van der Waals surface area contributed by atoms with Crippen LogP contribution in [0, 0.1) is 5.82 Å². The van der Waals surface area contributed by atoms with Gasteiger partial charge in [0.1, 0.15) is 5.82 Å². The third-order valence-corrected chi connectivity index (χ3v) is 4.18. The van der Waals surface area contributed by atoms with Crippen LogP contribution in [0.25, 0.3) is 0 Å². The molecule has 0 aliphatic carbocycles. The maximum absolute atomic E-state index is 13.6. The summed E-state index contributed by atoms with van der Waals surface area (Å²) in [7, 11) is -1.24. The summed E-state index contributed by atoms with van der Waals surface area (Å²) in [6.45, 7) is 7.34. The summed E-state index contributed by atoms with van der Waals surface area (Å²) in [4.78, 5) is 0. The molecule has 0 saturated heterocycles. The number of rotatable bonds is 3. The van der Waals surface area contributed by atoms with E-state index in [2.05, 4.69) is 4.72 Å². The molecule has 0 aliphatic heterocycles. The summed E-state index contributed by atoms with van der Waals surface area (Å²) < 4.78 is 28.0. The zero-order valence-corrected chi connectivity index (χ0v) is 12.0. The summed E-state index contributed by atoms with van der Waals surface area (Å²) in [6, 6.07) is 4.01. The van der Waals surface area contributed by atoms with Crippen LogP contribution in [-0.2, 0) is 11.0 Å². The van der Waals surface area contributed by atoms with Crippen molar-refractivity contribution in [3.05, 3.63) is 34.6 Å². The highest BCUT2D eigenvalue weighted by Gasteiger charge is 2.22. The average Bonchev–Trinajstić information content (AvgIpc) is 2.20. The van der Waals surface area contributed by atoms with Crippen LogP contribution in [0.5, 0.6) is 0 Å². The highest BCUT2D eigenvalue weighted by atomic mass is 35.5. The molecule has 2 atom stereocenters. The summed E-state index contributed by atoms with van der Waals surface area (Å²) >= 11 is 5.82. The van der Waals surface area contributed by atoms with E-state index < -0.39 is 11.0 Å². The number of hydrogen-bond acceptors (Lipinski definition) is 1. The van der Waals surface area contributed by atoms with Gasteiger partial charge in [-0.2, -0.15) is 0 Å². The standard InChI is InChI=1S/C12H17ClFNOS/c1-8(15-17(16)12(2,3)4)10-7-9(13)5-6-11(10)14/h5-8,15H,1-4H3/t8-,17+/m1/s1. The van der Waals surface area contributed by atoms with E-state index in [0.29, 0.717) is 10.6 Å². The number of nitrogens with one attached hydrogen (secondary N) is 1. The Morgan fingerprint density at radius 3 is 2.53 bits per heavy atom. The van der Waals surface area contributed by atoms with E-state index in [9.17, 15) is 8.60 Å². The van der Waals surface area contributed by atoms with Crippen molar-refractivity contribution in [2.45, 2.75) is 38.5 Å². The van der Waals surface area contributed by atoms with Gasteiger partial charge in [0.25, 0.3) is 0 Å². The molecule has 0 aromatic heterocycles. The normalized spacial score (nSPS) is 15.6. The van der Waals surface area contributed by atoms with Gasteiger partial charge in [0.15, 0.2) is 0 Å². The second kappa shape index (κ2) is 5.46. The molecule has 96 valence electrons. The largest absolute Gasteiger partial charge is 0.242 e. The fraction of sp³-hybridized carbons (Fsp3) is 0.500. The Morgan fingerprint density at radius 2 is 2.00 bits per heavy atom. The molecule has 1 aromatic rings. The Labute approximate surface area is 109 Å². The van der Waals surface area contributed by atoms with Gasteiger partial charge in [0.05, 0.1) is 15.7 Å². The molecule has 17 heavy (non-hydrogen) atoms. The van der Waals surface area contributed by atoms with E-state index in [1.807, 2.05) is 20.8 Å². The minimum Gasteiger partial charge on any atom is -0.242 e. The van der Waals surface area contributed by atoms with Crippen LogP contribution < -0.4 is 4.72 Å². The average molecular weight is 278 g/mol. The summed E-state index contributed by atoms with van der Waals surface area (Å²) in [5, 5.41) is 0.469. The van der Waals surface area contributed by atoms with Gasteiger partial charge in [-0.05, 0) is 45.9 Å². The van der Waals surface area contributed by atoms with Crippen molar-refractivity contribution in [1.29, 1.82) is 0 Å². The molecule has 5 heteroatoms. The first kappa shape index (κ1) is 14.6. The van der Waals surface area contributed by atoms with Crippen LogP contribution in [0.15, 0.2) is 18.2 Å². The van der Waals surface area contributed by atoms with Crippen LogP contribution in [0.4, 0.5) is 4.39 Å². The van der Waals surface area contributed by atoms with Gasteiger partial charge in [-0.3, -0.25) is 0 Å². The molecule has 0 radical (unpaired) electrons. The molecule has 0 amide bonds. The monoisotopic (exact) mass is 277 g/mol. The van der Waals surface area contributed by atoms with Gasteiger partial charge in [-0.15, -0.1) is 0 Å². The maximum Gasteiger partial charge on any atom is 0.128 e. The number of halogens is 2. The lowest BCUT2D eigenvalue weighted by molar-refractivity contribution is 0.572. The van der Waals surface area contributed by atoms with E-state index in [1.54, 1.807) is 13.0 Å². The highest BCUT2D eigenvalue weighted by Crippen LogP contribution is 2.22.